The Morgan fingerprint density at radius 3 is 1.35 bits per heavy atom. The zero-order valence-electron chi connectivity index (χ0n) is 29.8. The molecule has 2 heterocycles. The second-order valence-corrected chi connectivity index (χ2v) is 13.6. The lowest BCUT2D eigenvalue weighted by Gasteiger charge is -2.11. The van der Waals surface area contributed by atoms with E-state index in [1.54, 1.807) is 0 Å². The number of furan rings is 1. The number of nitrogens with zero attached hydrogens (tertiary/aromatic N) is 3. The Kier molecular flexibility index (Phi) is 8.12. The fourth-order valence-corrected chi connectivity index (χ4v) is 7.37. The number of fused-ring (bicyclic) bond motifs is 3. The molecule has 0 fully saturated rings. The van der Waals surface area contributed by atoms with E-state index in [0.717, 1.165) is 60.9 Å². The average molecular weight is 704 g/mol. The van der Waals surface area contributed by atoms with Gasteiger partial charge < -0.3 is 4.42 Å². The molecule has 0 amide bonds. The molecule has 0 saturated heterocycles. The van der Waals surface area contributed by atoms with E-state index in [9.17, 15) is 0 Å². The molecule has 0 aliphatic heterocycles. The van der Waals surface area contributed by atoms with Crippen LogP contribution < -0.4 is 0 Å². The van der Waals surface area contributed by atoms with Crippen molar-refractivity contribution in [3.63, 3.8) is 0 Å². The maximum absolute atomic E-state index is 6.45. The highest BCUT2D eigenvalue weighted by atomic mass is 16.3. The highest BCUT2D eigenvalue weighted by Gasteiger charge is 2.19. The lowest BCUT2D eigenvalue weighted by molar-refractivity contribution is 0.669. The molecule has 0 N–H and O–H groups in total. The van der Waals surface area contributed by atoms with Crippen LogP contribution in [0.4, 0.5) is 0 Å². The maximum Gasteiger partial charge on any atom is 0.164 e. The van der Waals surface area contributed by atoms with E-state index in [-0.39, 0.29) is 0 Å². The Bertz CT molecular complexity index is 2950. The summed E-state index contributed by atoms with van der Waals surface area (Å²) in [6, 6.07) is 69.4. The molecule has 0 bridgehead atoms. The lowest BCUT2D eigenvalue weighted by atomic mass is 9.97. The van der Waals surface area contributed by atoms with E-state index >= 15 is 0 Å². The van der Waals surface area contributed by atoms with Crippen LogP contribution in [0, 0.1) is 0 Å². The molecule has 55 heavy (non-hydrogen) atoms. The molecular formula is C51H33N3O. The van der Waals surface area contributed by atoms with Crippen LogP contribution in [0.2, 0.25) is 0 Å². The summed E-state index contributed by atoms with van der Waals surface area (Å²) in [7, 11) is 0. The van der Waals surface area contributed by atoms with Crippen molar-refractivity contribution >= 4 is 21.9 Å². The Balaban J connectivity index is 1.09. The van der Waals surface area contributed by atoms with E-state index in [1.165, 1.54) is 22.3 Å². The third-order valence-corrected chi connectivity index (χ3v) is 10.2. The molecule has 4 heteroatoms. The van der Waals surface area contributed by atoms with Crippen LogP contribution in [-0.4, -0.2) is 15.0 Å². The van der Waals surface area contributed by atoms with Crippen molar-refractivity contribution in [2.75, 3.05) is 0 Å². The first kappa shape index (κ1) is 32.2. The summed E-state index contributed by atoms with van der Waals surface area (Å²) in [5.74, 6) is 1.81. The van der Waals surface area contributed by atoms with E-state index in [2.05, 4.69) is 146 Å². The minimum absolute atomic E-state index is 0.589. The van der Waals surface area contributed by atoms with Crippen LogP contribution >= 0.6 is 0 Å². The standard InChI is InChI=1S/C51H33N3O/c1-4-13-34(14-5-1)36-25-27-37(28-26-36)42-29-30-46-45(33-42)48-44(23-12-24-47(48)55-46)51-53-49(38-17-8-3-9-18-38)52-50(54-51)43-22-11-21-41(32-43)40-20-10-19-39(31-40)35-15-6-2-7-16-35/h1-33H. The van der Waals surface area contributed by atoms with Gasteiger partial charge in [-0.25, -0.2) is 15.0 Å². The van der Waals surface area contributed by atoms with Crippen LogP contribution in [0.3, 0.4) is 0 Å². The van der Waals surface area contributed by atoms with Gasteiger partial charge in [-0.1, -0.05) is 170 Å². The van der Waals surface area contributed by atoms with Crippen molar-refractivity contribution in [1.29, 1.82) is 0 Å². The van der Waals surface area contributed by atoms with Crippen LogP contribution in [0.15, 0.2) is 205 Å². The molecule has 0 saturated carbocycles. The van der Waals surface area contributed by atoms with Gasteiger partial charge in [-0.2, -0.15) is 0 Å². The smallest absolute Gasteiger partial charge is 0.164 e. The summed E-state index contributed by atoms with van der Waals surface area (Å²) in [4.78, 5) is 15.4. The van der Waals surface area contributed by atoms with Gasteiger partial charge in [0, 0.05) is 27.5 Å². The molecule has 258 valence electrons. The number of hydrogen-bond acceptors (Lipinski definition) is 4. The summed E-state index contributed by atoms with van der Waals surface area (Å²) in [6.07, 6.45) is 0. The fraction of sp³-hybridized carbons (Fsp3) is 0. The molecule has 0 aliphatic rings. The summed E-state index contributed by atoms with van der Waals surface area (Å²) >= 11 is 0. The highest BCUT2D eigenvalue weighted by molar-refractivity contribution is 6.12. The third-order valence-electron chi connectivity index (χ3n) is 10.2. The van der Waals surface area contributed by atoms with E-state index < -0.39 is 0 Å². The van der Waals surface area contributed by atoms with Crippen molar-refractivity contribution in [2.24, 2.45) is 0 Å². The van der Waals surface area contributed by atoms with Gasteiger partial charge in [0.05, 0.1) is 0 Å². The minimum atomic E-state index is 0.589. The van der Waals surface area contributed by atoms with Gasteiger partial charge >= 0.3 is 0 Å². The van der Waals surface area contributed by atoms with Crippen LogP contribution in [0.5, 0.6) is 0 Å². The first-order chi connectivity index (χ1) is 27.2. The molecule has 0 aliphatic carbocycles. The highest BCUT2D eigenvalue weighted by Crippen LogP contribution is 2.39. The number of benzene rings is 8. The predicted molar refractivity (Wildman–Crippen MR) is 225 cm³/mol. The van der Waals surface area contributed by atoms with Crippen molar-refractivity contribution in [3.8, 4) is 78.7 Å². The first-order valence-corrected chi connectivity index (χ1v) is 18.4. The summed E-state index contributed by atoms with van der Waals surface area (Å²) in [5, 5.41) is 1.99. The van der Waals surface area contributed by atoms with Gasteiger partial charge in [-0.05, 0) is 74.8 Å². The average Bonchev–Trinajstić information content (AvgIpc) is 3.66. The van der Waals surface area contributed by atoms with Gasteiger partial charge in [-0.3, -0.25) is 0 Å². The molecule has 10 aromatic rings. The van der Waals surface area contributed by atoms with Gasteiger partial charge in [-0.15, -0.1) is 0 Å². The molecule has 4 nitrogen and oxygen atoms in total. The number of hydrogen-bond donors (Lipinski definition) is 0. The molecule has 0 unspecified atom stereocenters. The summed E-state index contributed by atoms with van der Waals surface area (Å²) in [5.41, 5.74) is 13.5. The van der Waals surface area contributed by atoms with Gasteiger partial charge in [0.1, 0.15) is 11.2 Å². The lowest BCUT2D eigenvalue weighted by Crippen LogP contribution is -2.00. The van der Waals surface area contributed by atoms with Gasteiger partial charge in [0.15, 0.2) is 17.5 Å². The van der Waals surface area contributed by atoms with Gasteiger partial charge in [0.2, 0.25) is 0 Å². The fourth-order valence-electron chi connectivity index (χ4n) is 7.37. The minimum Gasteiger partial charge on any atom is -0.456 e. The second-order valence-electron chi connectivity index (χ2n) is 13.6. The van der Waals surface area contributed by atoms with E-state index in [0.29, 0.717) is 17.5 Å². The Hall–Kier alpha value is -7.43. The van der Waals surface area contributed by atoms with E-state index in [4.69, 9.17) is 19.4 Å². The predicted octanol–water partition coefficient (Wildman–Crippen LogP) is 13.4. The van der Waals surface area contributed by atoms with Crippen molar-refractivity contribution in [1.82, 2.24) is 15.0 Å². The van der Waals surface area contributed by atoms with Crippen molar-refractivity contribution in [2.45, 2.75) is 0 Å². The summed E-state index contributed by atoms with van der Waals surface area (Å²) < 4.78 is 6.45. The zero-order chi connectivity index (χ0) is 36.6. The van der Waals surface area contributed by atoms with Crippen LogP contribution in [-0.2, 0) is 0 Å². The Morgan fingerprint density at radius 1 is 0.273 bits per heavy atom. The molecule has 0 spiro atoms. The Morgan fingerprint density at radius 2 is 0.691 bits per heavy atom. The van der Waals surface area contributed by atoms with Gasteiger partial charge in [0.25, 0.3) is 0 Å². The first-order valence-electron chi connectivity index (χ1n) is 18.4. The third kappa shape index (κ3) is 6.26. The normalized spacial score (nSPS) is 11.3. The summed E-state index contributed by atoms with van der Waals surface area (Å²) in [6.45, 7) is 0. The zero-order valence-corrected chi connectivity index (χ0v) is 29.8. The van der Waals surface area contributed by atoms with Crippen molar-refractivity contribution < 1.29 is 4.42 Å². The molecule has 8 aromatic carbocycles. The van der Waals surface area contributed by atoms with Crippen molar-refractivity contribution in [3.05, 3.63) is 200 Å². The van der Waals surface area contributed by atoms with Crippen LogP contribution in [0.1, 0.15) is 0 Å². The molecule has 2 aromatic heterocycles. The SMILES string of the molecule is c1ccc(-c2ccc(-c3ccc4oc5cccc(-c6nc(-c7ccccc7)nc(-c7cccc(-c8cccc(-c9ccccc9)c8)c7)n6)c5c4c3)cc2)cc1. The molecule has 10 rings (SSSR count). The largest absolute Gasteiger partial charge is 0.456 e. The number of aromatic nitrogens is 3. The van der Waals surface area contributed by atoms with E-state index in [1.807, 2.05) is 54.6 Å². The topological polar surface area (TPSA) is 51.8 Å². The second kappa shape index (κ2) is 13.8. The molecule has 0 atom stereocenters. The Labute approximate surface area is 319 Å². The maximum atomic E-state index is 6.45. The monoisotopic (exact) mass is 703 g/mol. The number of rotatable bonds is 7. The van der Waals surface area contributed by atoms with Crippen LogP contribution in [0.25, 0.3) is 101 Å². The molecular weight excluding hydrogens is 671 g/mol. The molecule has 0 radical (unpaired) electrons. The quantitative estimate of drug-likeness (QED) is 0.166.